The molecule has 4 nitrogen and oxygen atoms in total. The van der Waals surface area contributed by atoms with Crippen LogP contribution in [0, 0.1) is 11.3 Å². The zero-order valence-corrected chi connectivity index (χ0v) is 9.78. The number of nitrogens with zero attached hydrogens (tertiary/aromatic N) is 1. The largest absolute Gasteiger partial charge is 0.493 e. The van der Waals surface area contributed by atoms with Gasteiger partial charge in [0.15, 0.2) is 11.5 Å². The molecule has 2 N–H and O–H groups in total. The Labute approximate surface area is 95.6 Å². The SMILES string of the molecule is COc1ccc(C#N)cc1OC(C)(C)CN. The topological polar surface area (TPSA) is 68.3 Å². The molecule has 0 amide bonds. The predicted octanol–water partition coefficient (Wildman–Crippen LogP) is 1.68. The minimum Gasteiger partial charge on any atom is -0.493 e. The molecular formula is C12H16N2O2. The minimum absolute atomic E-state index is 0.382. The molecule has 4 heteroatoms. The summed E-state index contributed by atoms with van der Waals surface area (Å²) in [5, 5.41) is 8.81. The molecule has 0 atom stereocenters. The lowest BCUT2D eigenvalue weighted by molar-refractivity contribution is 0.114. The highest BCUT2D eigenvalue weighted by atomic mass is 16.5. The van der Waals surface area contributed by atoms with Crippen LogP contribution in [-0.4, -0.2) is 19.3 Å². The number of hydrogen-bond donors (Lipinski definition) is 1. The highest BCUT2D eigenvalue weighted by Gasteiger charge is 2.19. The van der Waals surface area contributed by atoms with E-state index in [9.17, 15) is 0 Å². The van der Waals surface area contributed by atoms with Crippen molar-refractivity contribution in [1.29, 1.82) is 5.26 Å². The normalized spacial score (nSPS) is 10.7. The molecule has 0 aliphatic rings. The van der Waals surface area contributed by atoms with Crippen LogP contribution < -0.4 is 15.2 Å². The summed E-state index contributed by atoms with van der Waals surface area (Å²) in [5.74, 6) is 1.14. The fraction of sp³-hybridized carbons (Fsp3) is 0.417. The van der Waals surface area contributed by atoms with Gasteiger partial charge in [0.05, 0.1) is 18.7 Å². The number of rotatable bonds is 4. The number of benzene rings is 1. The first-order valence-corrected chi connectivity index (χ1v) is 4.99. The zero-order valence-electron chi connectivity index (χ0n) is 9.78. The first kappa shape index (κ1) is 12.3. The third-order valence-corrected chi connectivity index (χ3v) is 2.17. The van der Waals surface area contributed by atoms with Crippen molar-refractivity contribution < 1.29 is 9.47 Å². The summed E-state index contributed by atoms with van der Waals surface area (Å²) in [6.07, 6.45) is 0. The Morgan fingerprint density at radius 2 is 2.06 bits per heavy atom. The maximum absolute atomic E-state index is 8.81. The van der Waals surface area contributed by atoms with Crippen molar-refractivity contribution >= 4 is 0 Å². The first-order valence-electron chi connectivity index (χ1n) is 4.99. The fourth-order valence-electron chi connectivity index (χ4n) is 1.17. The van der Waals surface area contributed by atoms with Crippen molar-refractivity contribution in [2.24, 2.45) is 5.73 Å². The van der Waals surface area contributed by atoms with Crippen LogP contribution in [0.15, 0.2) is 18.2 Å². The molecule has 86 valence electrons. The van der Waals surface area contributed by atoms with Crippen molar-refractivity contribution in [3.05, 3.63) is 23.8 Å². The Balaban J connectivity index is 3.06. The van der Waals surface area contributed by atoms with Gasteiger partial charge in [0.2, 0.25) is 0 Å². The van der Waals surface area contributed by atoms with E-state index in [1.54, 1.807) is 25.3 Å². The third kappa shape index (κ3) is 2.88. The molecule has 0 unspecified atom stereocenters. The van der Waals surface area contributed by atoms with Crippen LogP contribution in [0.2, 0.25) is 0 Å². The molecule has 0 aliphatic carbocycles. The van der Waals surface area contributed by atoms with Crippen LogP contribution in [0.1, 0.15) is 19.4 Å². The molecule has 0 radical (unpaired) electrons. The predicted molar refractivity (Wildman–Crippen MR) is 61.5 cm³/mol. The molecule has 16 heavy (non-hydrogen) atoms. The van der Waals surface area contributed by atoms with E-state index in [4.69, 9.17) is 20.5 Å². The number of methoxy groups -OCH3 is 1. The Morgan fingerprint density at radius 3 is 2.56 bits per heavy atom. The highest BCUT2D eigenvalue weighted by molar-refractivity contribution is 5.47. The summed E-state index contributed by atoms with van der Waals surface area (Å²) >= 11 is 0. The van der Waals surface area contributed by atoms with Crippen LogP contribution in [0.25, 0.3) is 0 Å². The van der Waals surface area contributed by atoms with Gasteiger partial charge in [-0.2, -0.15) is 5.26 Å². The third-order valence-electron chi connectivity index (χ3n) is 2.17. The van der Waals surface area contributed by atoms with Gasteiger partial charge in [-0.25, -0.2) is 0 Å². The Morgan fingerprint density at radius 1 is 1.38 bits per heavy atom. The van der Waals surface area contributed by atoms with Crippen LogP contribution in [0.5, 0.6) is 11.5 Å². The van der Waals surface area contributed by atoms with Crippen molar-refractivity contribution in [3.8, 4) is 17.6 Å². The van der Waals surface area contributed by atoms with E-state index in [1.165, 1.54) is 0 Å². The Hall–Kier alpha value is -1.73. The second-order valence-electron chi connectivity index (χ2n) is 4.04. The number of nitrogens with two attached hydrogens (primary N) is 1. The summed E-state index contributed by atoms with van der Waals surface area (Å²) < 4.78 is 10.9. The van der Waals surface area contributed by atoms with E-state index in [0.29, 0.717) is 23.6 Å². The van der Waals surface area contributed by atoms with E-state index in [-0.39, 0.29) is 0 Å². The first-order chi connectivity index (χ1) is 7.52. The standard InChI is InChI=1S/C12H16N2O2/c1-12(2,8-14)16-11-6-9(7-13)4-5-10(11)15-3/h4-6H,8,14H2,1-3H3. The van der Waals surface area contributed by atoms with Crippen LogP contribution in [0.4, 0.5) is 0 Å². The molecule has 1 aromatic rings. The average molecular weight is 220 g/mol. The van der Waals surface area contributed by atoms with Gasteiger partial charge < -0.3 is 15.2 Å². The number of nitriles is 1. The molecule has 0 bridgehead atoms. The lowest BCUT2D eigenvalue weighted by Crippen LogP contribution is -2.37. The minimum atomic E-state index is -0.485. The second-order valence-corrected chi connectivity index (χ2v) is 4.04. The monoisotopic (exact) mass is 220 g/mol. The smallest absolute Gasteiger partial charge is 0.163 e. The molecule has 0 fully saturated rings. The van der Waals surface area contributed by atoms with E-state index >= 15 is 0 Å². The molecule has 0 saturated heterocycles. The molecular weight excluding hydrogens is 204 g/mol. The molecule has 0 aliphatic heterocycles. The lowest BCUT2D eigenvalue weighted by Gasteiger charge is -2.25. The van der Waals surface area contributed by atoms with Gasteiger partial charge in [0, 0.05) is 12.6 Å². The summed E-state index contributed by atoms with van der Waals surface area (Å²) in [7, 11) is 1.56. The van der Waals surface area contributed by atoms with Gasteiger partial charge in [-0.05, 0) is 26.0 Å². The van der Waals surface area contributed by atoms with Gasteiger partial charge in [-0.15, -0.1) is 0 Å². The van der Waals surface area contributed by atoms with E-state index in [1.807, 2.05) is 13.8 Å². The van der Waals surface area contributed by atoms with Gasteiger partial charge in [0.25, 0.3) is 0 Å². The maximum atomic E-state index is 8.81. The number of hydrogen-bond acceptors (Lipinski definition) is 4. The highest BCUT2D eigenvalue weighted by Crippen LogP contribution is 2.30. The molecule has 0 saturated carbocycles. The molecule has 1 aromatic carbocycles. The Kier molecular flexibility index (Phi) is 3.75. The summed E-state index contributed by atoms with van der Waals surface area (Å²) in [6, 6.07) is 7.10. The Bertz CT molecular complexity index is 408. The van der Waals surface area contributed by atoms with Crippen LogP contribution in [-0.2, 0) is 0 Å². The van der Waals surface area contributed by atoms with Gasteiger partial charge in [-0.3, -0.25) is 0 Å². The average Bonchev–Trinajstić information content (AvgIpc) is 2.28. The van der Waals surface area contributed by atoms with E-state index in [2.05, 4.69) is 6.07 Å². The number of ether oxygens (including phenoxy) is 2. The molecule has 0 spiro atoms. The molecule has 0 heterocycles. The van der Waals surface area contributed by atoms with Crippen LogP contribution in [0.3, 0.4) is 0 Å². The quantitative estimate of drug-likeness (QED) is 0.838. The van der Waals surface area contributed by atoms with Gasteiger partial charge in [-0.1, -0.05) is 0 Å². The van der Waals surface area contributed by atoms with Crippen molar-refractivity contribution in [2.75, 3.05) is 13.7 Å². The van der Waals surface area contributed by atoms with Gasteiger partial charge >= 0.3 is 0 Å². The van der Waals surface area contributed by atoms with Crippen molar-refractivity contribution in [1.82, 2.24) is 0 Å². The van der Waals surface area contributed by atoms with E-state index in [0.717, 1.165) is 0 Å². The van der Waals surface area contributed by atoms with Gasteiger partial charge in [0.1, 0.15) is 5.60 Å². The van der Waals surface area contributed by atoms with Crippen LogP contribution >= 0.6 is 0 Å². The van der Waals surface area contributed by atoms with Crippen molar-refractivity contribution in [3.63, 3.8) is 0 Å². The fourth-order valence-corrected chi connectivity index (χ4v) is 1.17. The molecule has 1 rings (SSSR count). The molecule has 0 aromatic heterocycles. The second kappa shape index (κ2) is 4.86. The lowest BCUT2D eigenvalue weighted by atomic mass is 10.1. The summed E-state index contributed by atoms with van der Waals surface area (Å²) in [6.45, 7) is 4.14. The summed E-state index contributed by atoms with van der Waals surface area (Å²) in [4.78, 5) is 0. The van der Waals surface area contributed by atoms with E-state index < -0.39 is 5.60 Å². The summed E-state index contributed by atoms with van der Waals surface area (Å²) in [5.41, 5.74) is 5.63. The maximum Gasteiger partial charge on any atom is 0.163 e. The van der Waals surface area contributed by atoms with Crippen molar-refractivity contribution in [2.45, 2.75) is 19.4 Å². The zero-order chi connectivity index (χ0) is 12.2.